The first-order valence-corrected chi connectivity index (χ1v) is 8.77. The van der Waals surface area contributed by atoms with Crippen LogP contribution in [0.5, 0.6) is 5.75 Å². The highest BCUT2D eigenvalue weighted by molar-refractivity contribution is 8.17. The van der Waals surface area contributed by atoms with Crippen LogP contribution in [0.15, 0.2) is 36.4 Å². The van der Waals surface area contributed by atoms with Crippen LogP contribution in [-0.4, -0.2) is 23.2 Å². The Balaban J connectivity index is 1.84. The van der Waals surface area contributed by atoms with Gasteiger partial charge in [0.15, 0.2) is 0 Å². The topological polar surface area (TPSA) is 9.23 Å². The number of hydrogen-bond acceptors (Lipinski definition) is 3. The molecule has 0 unspecified atom stereocenters. The van der Waals surface area contributed by atoms with Gasteiger partial charge in [0, 0.05) is 5.56 Å². The van der Waals surface area contributed by atoms with Gasteiger partial charge in [-0.3, -0.25) is 0 Å². The summed E-state index contributed by atoms with van der Waals surface area (Å²) in [5.41, 5.74) is 1.09. The number of methoxy groups -OCH3 is 1. The molecule has 0 atom stereocenters. The fourth-order valence-electron chi connectivity index (χ4n) is 2.14. The van der Waals surface area contributed by atoms with Crippen LogP contribution in [0.4, 0.5) is 0 Å². The molecule has 1 saturated heterocycles. The lowest BCUT2D eigenvalue weighted by Crippen LogP contribution is -2.03. The third-order valence-corrected chi connectivity index (χ3v) is 5.92. The lowest BCUT2D eigenvalue weighted by atomic mass is 10.1. The molecule has 0 bridgehead atoms. The summed E-state index contributed by atoms with van der Waals surface area (Å²) < 4.78 is 5.69. The molecule has 0 N–H and O–H groups in total. The molecule has 0 aliphatic carbocycles. The average molecular weight is 300 g/mol. The Labute approximate surface area is 128 Å². The van der Waals surface area contributed by atoms with Gasteiger partial charge in [0.1, 0.15) is 10.3 Å². The Bertz CT molecular complexity index is 663. The van der Waals surface area contributed by atoms with Crippen molar-refractivity contribution in [2.75, 3.05) is 18.6 Å². The summed E-state index contributed by atoms with van der Waals surface area (Å²) >= 11 is 3.93. The van der Waals surface area contributed by atoms with Crippen LogP contribution < -0.4 is 4.74 Å². The molecule has 0 amide bonds. The average Bonchev–Trinajstić information content (AvgIpc) is 2.53. The van der Waals surface area contributed by atoms with Gasteiger partial charge in [0.05, 0.1) is 7.11 Å². The van der Waals surface area contributed by atoms with Crippen molar-refractivity contribution >= 4 is 34.3 Å². The van der Waals surface area contributed by atoms with Gasteiger partial charge in [0.2, 0.25) is 0 Å². The molecule has 0 radical (unpaired) electrons. The highest BCUT2D eigenvalue weighted by atomic mass is 32.2. The highest BCUT2D eigenvalue weighted by Gasteiger charge is 2.10. The van der Waals surface area contributed by atoms with E-state index in [0.29, 0.717) is 4.58 Å². The largest absolute Gasteiger partial charge is 0.497 e. The van der Waals surface area contributed by atoms with Crippen molar-refractivity contribution < 1.29 is 4.74 Å². The normalized spacial score (nSPS) is 15.7. The Morgan fingerprint density at radius 3 is 2.60 bits per heavy atom. The van der Waals surface area contributed by atoms with Crippen molar-refractivity contribution in [2.24, 2.45) is 0 Å². The smallest absolute Gasteiger partial charge is 0.119 e. The second kappa shape index (κ2) is 6.47. The zero-order valence-electron chi connectivity index (χ0n) is 11.4. The van der Waals surface area contributed by atoms with Gasteiger partial charge >= 0.3 is 0 Å². The van der Waals surface area contributed by atoms with Gasteiger partial charge in [-0.25, -0.2) is 0 Å². The van der Waals surface area contributed by atoms with Crippen LogP contribution in [0.25, 0.3) is 10.8 Å². The molecule has 1 nitrogen and oxygen atoms in total. The predicted octanol–water partition coefficient (Wildman–Crippen LogP) is 4.40. The van der Waals surface area contributed by atoms with E-state index < -0.39 is 0 Å². The van der Waals surface area contributed by atoms with E-state index in [9.17, 15) is 0 Å². The minimum absolute atomic E-state index is 0.440. The molecule has 1 aliphatic heterocycles. The lowest BCUT2D eigenvalue weighted by molar-refractivity contribution is 0.415. The van der Waals surface area contributed by atoms with Gasteiger partial charge in [-0.1, -0.05) is 24.0 Å². The molecular formula is C17H16OS2. The van der Waals surface area contributed by atoms with Crippen molar-refractivity contribution in [3.05, 3.63) is 42.0 Å². The summed E-state index contributed by atoms with van der Waals surface area (Å²) in [6.45, 7) is 0. The molecule has 1 aliphatic rings. The van der Waals surface area contributed by atoms with Gasteiger partial charge in [-0.15, -0.1) is 23.5 Å². The highest BCUT2D eigenvalue weighted by Crippen LogP contribution is 2.29. The van der Waals surface area contributed by atoms with E-state index in [-0.39, 0.29) is 0 Å². The number of ether oxygens (including phenoxy) is 1. The molecule has 20 heavy (non-hydrogen) atoms. The molecule has 0 spiro atoms. The maximum Gasteiger partial charge on any atom is 0.119 e. The Morgan fingerprint density at radius 1 is 1.05 bits per heavy atom. The van der Waals surface area contributed by atoms with Crippen LogP contribution in [0.2, 0.25) is 0 Å². The van der Waals surface area contributed by atoms with Crippen molar-refractivity contribution in [1.82, 2.24) is 0 Å². The quantitative estimate of drug-likeness (QED) is 0.723. The Kier molecular flexibility index (Phi) is 4.44. The molecule has 0 aromatic heterocycles. The summed E-state index contributed by atoms with van der Waals surface area (Å²) in [6.07, 6.45) is 1.31. The number of fused-ring (bicyclic) bond motifs is 1. The number of rotatable bonds is 1. The monoisotopic (exact) mass is 300 g/mol. The van der Waals surface area contributed by atoms with Crippen LogP contribution in [0.1, 0.15) is 12.0 Å². The van der Waals surface area contributed by atoms with Gasteiger partial charge in [0.25, 0.3) is 0 Å². The van der Waals surface area contributed by atoms with Crippen molar-refractivity contribution in [2.45, 2.75) is 11.0 Å². The molecule has 2 aromatic rings. The molecule has 3 rings (SSSR count). The standard InChI is InChI=1S/C17H16OS2/c1-18-16-7-6-14-11-13(3-5-15(14)12-16)4-8-17-19-9-2-10-20-17/h3,5-7,11-12,17H,2,9-10H2,1H3. The minimum Gasteiger partial charge on any atom is -0.497 e. The second-order valence-corrected chi connectivity index (χ2v) is 7.35. The van der Waals surface area contributed by atoms with Crippen LogP contribution in [0, 0.1) is 11.8 Å². The zero-order chi connectivity index (χ0) is 13.8. The third kappa shape index (κ3) is 3.26. The molecule has 102 valence electrons. The molecule has 2 aromatic carbocycles. The summed E-state index contributed by atoms with van der Waals surface area (Å²) in [5, 5.41) is 2.40. The first kappa shape index (κ1) is 13.7. The van der Waals surface area contributed by atoms with Gasteiger partial charge in [-0.05, 0) is 53.0 Å². The van der Waals surface area contributed by atoms with E-state index in [0.717, 1.165) is 11.3 Å². The van der Waals surface area contributed by atoms with Crippen LogP contribution >= 0.6 is 23.5 Å². The van der Waals surface area contributed by atoms with E-state index >= 15 is 0 Å². The summed E-state index contributed by atoms with van der Waals surface area (Å²) in [4.78, 5) is 0. The molecular weight excluding hydrogens is 284 g/mol. The van der Waals surface area contributed by atoms with E-state index in [4.69, 9.17) is 4.74 Å². The second-order valence-electron chi connectivity index (χ2n) is 4.62. The fourth-order valence-corrected chi connectivity index (χ4v) is 4.62. The fraction of sp³-hybridized carbons (Fsp3) is 0.294. The minimum atomic E-state index is 0.440. The number of hydrogen-bond donors (Lipinski definition) is 0. The predicted molar refractivity (Wildman–Crippen MR) is 90.7 cm³/mol. The molecule has 1 heterocycles. The summed E-state index contributed by atoms with van der Waals surface area (Å²) in [6, 6.07) is 12.5. The maximum absolute atomic E-state index is 5.25. The zero-order valence-corrected chi connectivity index (χ0v) is 13.0. The van der Waals surface area contributed by atoms with Crippen LogP contribution in [-0.2, 0) is 0 Å². The Hall–Kier alpha value is -1.24. The van der Waals surface area contributed by atoms with E-state index in [1.165, 1.54) is 28.7 Å². The first-order valence-electron chi connectivity index (χ1n) is 6.68. The van der Waals surface area contributed by atoms with Gasteiger partial charge in [-0.2, -0.15) is 0 Å². The van der Waals surface area contributed by atoms with Gasteiger partial charge < -0.3 is 4.74 Å². The molecule has 0 saturated carbocycles. The number of thioether (sulfide) groups is 2. The van der Waals surface area contributed by atoms with Crippen molar-refractivity contribution in [3.8, 4) is 17.6 Å². The summed E-state index contributed by atoms with van der Waals surface area (Å²) in [5.74, 6) is 10.1. The summed E-state index contributed by atoms with van der Waals surface area (Å²) in [7, 11) is 1.69. The first-order chi connectivity index (χ1) is 9.85. The third-order valence-electron chi connectivity index (χ3n) is 3.21. The van der Waals surface area contributed by atoms with Crippen molar-refractivity contribution in [3.63, 3.8) is 0 Å². The Morgan fingerprint density at radius 2 is 1.80 bits per heavy atom. The van der Waals surface area contributed by atoms with E-state index in [2.05, 4.69) is 42.2 Å². The van der Waals surface area contributed by atoms with Crippen molar-refractivity contribution in [1.29, 1.82) is 0 Å². The number of benzene rings is 2. The van der Waals surface area contributed by atoms with E-state index in [1.54, 1.807) is 7.11 Å². The SMILES string of the molecule is COc1ccc2cc(C#CC3SCCCS3)ccc2c1. The van der Waals surface area contributed by atoms with Crippen LogP contribution in [0.3, 0.4) is 0 Å². The molecule has 1 fully saturated rings. The van der Waals surface area contributed by atoms with E-state index in [1.807, 2.05) is 29.6 Å². The molecule has 3 heteroatoms. The lowest BCUT2D eigenvalue weighted by Gasteiger charge is -2.14. The maximum atomic E-state index is 5.25.